The van der Waals surface area contributed by atoms with Crippen molar-refractivity contribution in [2.45, 2.75) is 18.6 Å². The van der Waals surface area contributed by atoms with E-state index in [0.29, 0.717) is 17.5 Å². The first kappa shape index (κ1) is 12.3. The van der Waals surface area contributed by atoms with E-state index < -0.39 is 0 Å². The van der Waals surface area contributed by atoms with E-state index in [2.05, 4.69) is 0 Å². The maximum absolute atomic E-state index is 12.9. The van der Waals surface area contributed by atoms with Crippen LogP contribution in [0.2, 0.25) is 0 Å². The fraction of sp³-hybridized carbons (Fsp3) is 0.368. The minimum Gasteiger partial charge on any atom is -0.373 e. The van der Waals surface area contributed by atoms with Crippen molar-refractivity contribution >= 4 is 28.3 Å². The lowest BCUT2D eigenvalue weighted by Gasteiger charge is -2.19. The molecule has 3 aliphatic heterocycles. The average molecular weight is 305 g/mol. The molecule has 2 aromatic carbocycles. The fourth-order valence-corrected chi connectivity index (χ4v) is 5.05. The molecule has 3 saturated heterocycles. The molecule has 2 amide bonds. The molecule has 2 unspecified atom stereocenters. The molecule has 6 rings (SSSR count). The van der Waals surface area contributed by atoms with Crippen molar-refractivity contribution in [2.24, 2.45) is 23.7 Å². The van der Waals surface area contributed by atoms with Gasteiger partial charge in [0.2, 0.25) is 11.8 Å². The Morgan fingerprint density at radius 2 is 1.52 bits per heavy atom. The molecule has 1 saturated carbocycles. The smallest absolute Gasteiger partial charge is 0.240 e. The molecule has 0 radical (unpaired) electrons. The van der Waals surface area contributed by atoms with Crippen LogP contribution in [0.5, 0.6) is 0 Å². The van der Waals surface area contributed by atoms with Gasteiger partial charge in [-0.25, -0.2) is 4.90 Å². The van der Waals surface area contributed by atoms with E-state index in [-0.39, 0.29) is 35.9 Å². The van der Waals surface area contributed by atoms with Crippen LogP contribution in [-0.4, -0.2) is 24.0 Å². The van der Waals surface area contributed by atoms with Crippen LogP contribution >= 0.6 is 0 Å². The highest BCUT2D eigenvalue weighted by atomic mass is 16.5. The Bertz CT molecular complexity index is 859. The van der Waals surface area contributed by atoms with Gasteiger partial charge in [0.25, 0.3) is 0 Å². The van der Waals surface area contributed by atoms with Crippen molar-refractivity contribution in [2.75, 3.05) is 4.90 Å². The van der Waals surface area contributed by atoms with Crippen LogP contribution in [0.3, 0.4) is 0 Å². The molecule has 4 heteroatoms. The summed E-state index contributed by atoms with van der Waals surface area (Å²) in [4.78, 5) is 27.2. The molecule has 0 N–H and O–H groups in total. The summed E-state index contributed by atoms with van der Waals surface area (Å²) >= 11 is 0. The van der Waals surface area contributed by atoms with Gasteiger partial charge in [0, 0.05) is 0 Å². The number of ether oxygens (including phenoxy) is 1. The van der Waals surface area contributed by atoms with Gasteiger partial charge in [0.05, 0.1) is 29.7 Å². The normalized spacial score (nSPS) is 39.9. The molecule has 1 aliphatic carbocycles. The Balaban J connectivity index is 1.45. The van der Waals surface area contributed by atoms with Gasteiger partial charge in [0.1, 0.15) is 0 Å². The topological polar surface area (TPSA) is 46.6 Å². The zero-order valence-corrected chi connectivity index (χ0v) is 12.4. The molecule has 4 aliphatic rings. The number of hydrogen-bond donors (Lipinski definition) is 0. The monoisotopic (exact) mass is 305 g/mol. The summed E-state index contributed by atoms with van der Waals surface area (Å²) in [5.74, 6) is 0.427. The lowest BCUT2D eigenvalue weighted by molar-refractivity contribution is -0.125. The minimum absolute atomic E-state index is 0.0168. The molecular weight excluding hydrogens is 290 g/mol. The summed E-state index contributed by atoms with van der Waals surface area (Å²) in [5.41, 5.74) is 0.696. The van der Waals surface area contributed by atoms with Crippen molar-refractivity contribution in [3.05, 3.63) is 42.5 Å². The third kappa shape index (κ3) is 1.36. The lowest BCUT2D eigenvalue weighted by Crippen LogP contribution is -2.35. The molecule has 2 bridgehead atoms. The number of hydrogen-bond acceptors (Lipinski definition) is 3. The number of fused-ring (bicyclic) bond motifs is 9. The van der Waals surface area contributed by atoms with Crippen molar-refractivity contribution < 1.29 is 14.3 Å². The van der Waals surface area contributed by atoms with Crippen LogP contribution < -0.4 is 4.90 Å². The van der Waals surface area contributed by atoms with Gasteiger partial charge in [-0.1, -0.05) is 30.3 Å². The van der Waals surface area contributed by atoms with E-state index in [9.17, 15) is 9.59 Å². The Kier molecular flexibility index (Phi) is 2.03. The highest BCUT2D eigenvalue weighted by Gasteiger charge is 2.73. The van der Waals surface area contributed by atoms with Gasteiger partial charge in [-0.3, -0.25) is 9.59 Å². The van der Waals surface area contributed by atoms with Crippen LogP contribution in [0.1, 0.15) is 6.42 Å². The van der Waals surface area contributed by atoms with Gasteiger partial charge in [-0.15, -0.1) is 0 Å². The van der Waals surface area contributed by atoms with Crippen LogP contribution in [-0.2, 0) is 14.3 Å². The molecule has 4 nitrogen and oxygen atoms in total. The highest BCUT2D eigenvalue weighted by molar-refractivity contribution is 6.23. The third-order valence-corrected chi connectivity index (χ3v) is 6.15. The van der Waals surface area contributed by atoms with Gasteiger partial charge < -0.3 is 4.74 Å². The predicted molar refractivity (Wildman–Crippen MR) is 83.7 cm³/mol. The van der Waals surface area contributed by atoms with E-state index in [4.69, 9.17) is 4.74 Å². The van der Waals surface area contributed by atoms with E-state index >= 15 is 0 Å². The number of amides is 2. The minimum atomic E-state index is -0.247. The van der Waals surface area contributed by atoms with Crippen molar-refractivity contribution in [3.8, 4) is 0 Å². The summed E-state index contributed by atoms with van der Waals surface area (Å²) in [7, 11) is 0. The first-order valence-electron chi connectivity index (χ1n) is 8.26. The zero-order valence-electron chi connectivity index (χ0n) is 12.4. The van der Waals surface area contributed by atoms with Gasteiger partial charge in [-0.2, -0.15) is 0 Å². The summed E-state index contributed by atoms with van der Waals surface area (Å²) in [5, 5.41) is 2.16. The van der Waals surface area contributed by atoms with Crippen LogP contribution in [0.4, 0.5) is 5.69 Å². The Hall–Kier alpha value is -2.20. The third-order valence-electron chi connectivity index (χ3n) is 6.15. The second-order valence-electron chi connectivity index (χ2n) is 7.22. The zero-order chi connectivity index (χ0) is 15.3. The quantitative estimate of drug-likeness (QED) is 0.760. The summed E-state index contributed by atoms with van der Waals surface area (Å²) in [6, 6.07) is 13.8. The number of nitrogens with zero attached hydrogens (tertiary/aromatic N) is 1. The largest absolute Gasteiger partial charge is 0.373 e. The van der Waals surface area contributed by atoms with Crippen LogP contribution in [0.15, 0.2) is 42.5 Å². The van der Waals surface area contributed by atoms with E-state index in [1.807, 2.05) is 42.5 Å². The maximum atomic E-state index is 12.9. The van der Waals surface area contributed by atoms with Crippen molar-refractivity contribution in [1.82, 2.24) is 0 Å². The van der Waals surface area contributed by atoms with Crippen LogP contribution in [0, 0.1) is 23.7 Å². The first-order valence-corrected chi connectivity index (χ1v) is 8.26. The number of carbonyl (C=O) groups is 2. The second kappa shape index (κ2) is 3.82. The summed E-state index contributed by atoms with van der Waals surface area (Å²) < 4.78 is 5.93. The van der Waals surface area contributed by atoms with Crippen LogP contribution in [0.25, 0.3) is 10.8 Å². The molecule has 23 heavy (non-hydrogen) atoms. The fourth-order valence-electron chi connectivity index (χ4n) is 5.05. The van der Waals surface area contributed by atoms with E-state index in [0.717, 1.165) is 17.2 Å². The second-order valence-corrected chi connectivity index (χ2v) is 7.22. The molecule has 114 valence electrons. The first-order chi connectivity index (χ1) is 11.2. The number of imide groups is 1. The van der Waals surface area contributed by atoms with Crippen molar-refractivity contribution in [1.29, 1.82) is 0 Å². The summed E-state index contributed by atoms with van der Waals surface area (Å²) in [6.07, 6.45) is 1.10. The SMILES string of the molecule is O=C1[C@@H]2C3OC([C@H]4C[C@@H]34)[C@@H]2C(=O)N1c1ccc2ccccc2c1. The molecule has 3 heterocycles. The standard InChI is InChI=1S/C19H15NO3/c21-18-14-15(17-13-8-12(13)16(14)23-17)19(22)20(18)11-6-5-9-3-1-2-4-10(9)7-11/h1-7,12-17H,8H2/t12-,13+,14+,15-,16?,17?. The maximum Gasteiger partial charge on any atom is 0.240 e. The van der Waals surface area contributed by atoms with Gasteiger partial charge in [-0.05, 0) is 41.2 Å². The molecular formula is C19H15NO3. The molecule has 2 aromatic rings. The molecule has 6 atom stereocenters. The summed E-state index contributed by atoms with van der Waals surface area (Å²) in [6.45, 7) is 0. The highest BCUT2D eigenvalue weighted by Crippen LogP contribution is 2.64. The van der Waals surface area contributed by atoms with Gasteiger partial charge in [0.15, 0.2) is 0 Å². The molecule has 0 aromatic heterocycles. The predicted octanol–water partition coefficient (Wildman–Crippen LogP) is 2.36. The lowest BCUT2D eigenvalue weighted by atomic mass is 9.81. The van der Waals surface area contributed by atoms with Gasteiger partial charge >= 0.3 is 0 Å². The Morgan fingerprint density at radius 1 is 0.870 bits per heavy atom. The van der Waals surface area contributed by atoms with E-state index in [1.54, 1.807) is 0 Å². The number of benzene rings is 2. The van der Waals surface area contributed by atoms with Crippen molar-refractivity contribution in [3.63, 3.8) is 0 Å². The molecule has 4 fully saturated rings. The van der Waals surface area contributed by atoms with E-state index in [1.165, 1.54) is 4.90 Å². The Morgan fingerprint density at radius 3 is 2.22 bits per heavy atom. The Labute approximate surface area is 133 Å². The molecule has 0 spiro atoms. The average Bonchev–Trinajstić information content (AvgIpc) is 3.08. The number of anilines is 1. The number of carbonyl (C=O) groups excluding carboxylic acids is 2. The number of rotatable bonds is 1.